The van der Waals surface area contributed by atoms with Crippen molar-refractivity contribution >= 4 is 27.8 Å². The molecule has 0 radical (unpaired) electrons. The van der Waals surface area contributed by atoms with Crippen LogP contribution in [-0.2, 0) is 0 Å². The molecule has 0 bridgehead atoms. The smallest absolute Gasteiger partial charge is 0.271 e. The summed E-state index contributed by atoms with van der Waals surface area (Å²) in [7, 11) is 0. The summed E-state index contributed by atoms with van der Waals surface area (Å²) in [6, 6.07) is 14.9. The molecule has 126 valence electrons. The van der Waals surface area contributed by atoms with E-state index < -0.39 is 4.92 Å². The number of nitro groups is 1. The Morgan fingerprint density at radius 2 is 1.92 bits per heavy atom. The molecule has 0 aromatic heterocycles. The maximum atomic E-state index is 11.0. The van der Waals surface area contributed by atoms with Crippen molar-refractivity contribution in [1.82, 2.24) is 0 Å². The van der Waals surface area contributed by atoms with Gasteiger partial charge < -0.3 is 9.84 Å². The minimum absolute atomic E-state index is 0.0224. The zero-order chi connectivity index (χ0) is 17.8. The number of phenolic OH excluding ortho intramolecular Hbond substituents is 1. The molecule has 7 nitrogen and oxygen atoms in total. The summed E-state index contributed by atoms with van der Waals surface area (Å²) in [4.78, 5) is 10.5. The lowest BCUT2D eigenvalue weighted by molar-refractivity contribution is -0.384. The van der Waals surface area contributed by atoms with E-state index in [2.05, 4.69) is 10.2 Å². The van der Waals surface area contributed by atoms with Gasteiger partial charge in [-0.25, -0.2) is 0 Å². The van der Waals surface area contributed by atoms with Crippen molar-refractivity contribution in [2.75, 3.05) is 6.61 Å². The minimum atomic E-state index is -0.510. The summed E-state index contributed by atoms with van der Waals surface area (Å²) in [5.41, 5.74) is 0.412. The molecule has 0 atom stereocenters. The van der Waals surface area contributed by atoms with Crippen molar-refractivity contribution in [3.8, 4) is 11.5 Å². The highest BCUT2D eigenvalue weighted by molar-refractivity contribution is 5.95. The third kappa shape index (κ3) is 3.40. The van der Waals surface area contributed by atoms with Crippen molar-refractivity contribution in [2.24, 2.45) is 10.2 Å². The monoisotopic (exact) mass is 337 g/mol. The van der Waals surface area contributed by atoms with Crippen LogP contribution in [-0.4, -0.2) is 16.6 Å². The van der Waals surface area contributed by atoms with Gasteiger partial charge >= 0.3 is 0 Å². The first-order chi connectivity index (χ1) is 12.1. The molecule has 3 aromatic rings. The quantitative estimate of drug-likeness (QED) is 0.389. The highest BCUT2D eigenvalue weighted by Crippen LogP contribution is 2.38. The molecule has 0 fully saturated rings. The lowest BCUT2D eigenvalue weighted by Crippen LogP contribution is -1.93. The van der Waals surface area contributed by atoms with Crippen LogP contribution in [0.15, 0.2) is 64.8 Å². The maximum absolute atomic E-state index is 11.0. The second kappa shape index (κ2) is 6.96. The third-order valence-electron chi connectivity index (χ3n) is 3.59. The molecule has 3 aromatic carbocycles. The Labute approximate surface area is 143 Å². The van der Waals surface area contributed by atoms with E-state index in [0.29, 0.717) is 18.0 Å². The zero-order valence-corrected chi connectivity index (χ0v) is 13.4. The van der Waals surface area contributed by atoms with E-state index in [0.717, 1.165) is 10.8 Å². The summed E-state index contributed by atoms with van der Waals surface area (Å²) in [5.74, 6) is 0.363. The van der Waals surface area contributed by atoms with Crippen LogP contribution in [0.5, 0.6) is 11.5 Å². The van der Waals surface area contributed by atoms with Crippen LogP contribution in [0.25, 0.3) is 10.8 Å². The van der Waals surface area contributed by atoms with Crippen LogP contribution < -0.4 is 4.74 Å². The van der Waals surface area contributed by atoms with E-state index in [1.165, 1.54) is 24.3 Å². The number of non-ortho nitro benzene ring substituents is 1. The second-order valence-electron chi connectivity index (χ2n) is 5.20. The largest absolute Gasteiger partial charge is 0.506 e. The lowest BCUT2D eigenvalue weighted by atomic mass is 10.1. The van der Waals surface area contributed by atoms with Gasteiger partial charge in [-0.2, -0.15) is 0 Å². The van der Waals surface area contributed by atoms with Crippen molar-refractivity contribution in [3.63, 3.8) is 0 Å². The van der Waals surface area contributed by atoms with Crippen LogP contribution >= 0.6 is 0 Å². The van der Waals surface area contributed by atoms with Crippen LogP contribution in [0, 0.1) is 10.1 Å². The summed E-state index contributed by atoms with van der Waals surface area (Å²) in [6.07, 6.45) is 0. The van der Waals surface area contributed by atoms with Gasteiger partial charge in [-0.3, -0.25) is 10.1 Å². The summed E-state index contributed by atoms with van der Waals surface area (Å²) >= 11 is 0. The molecule has 0 heterocycles. The fourth-order valence-electron chi connectivity index (χ4n) is 2.43. The Bertz CT molecular complexity index is 970. The van der Waals surface area contributed by atoms with Crippen LogP contribution in [0.3, 0.4) is 0 Å². The van der Waals surface area contributed by atoms with Crippen molar-refractivity contribution in [1.29, 1.82) is 0 Å². The number of ether oxygens (including phenoxy) is 1. The highest BCUT2D eigenvalue weighted by Gasteiger charge is 2.12. The van der Waals surface area contributed by atoms with Gasteiger partial charge in [0.05, 0.1) is 11.5 Å². The number of aromatic hydroxyl groups is 1. The maximum Gasteiger partial charge on any atom is 0.271 e. The highest BCUT2D eigenvalue weighted by atomic mass is 16.6. The Morgan fingerprint density at radius 1 is 1.12 bits per heavy atom. The van der Waals surface area contributed by atoms with Crippen LogP contribution in [0.1, 0.15) is 6.92 Å². The fourth-order valence-corrected chi connectivity index (χ4v) is 2.43. The molecule has 3 rings (SSSR count). The number of rotatable bonds is 5. The first-order valence-corrected chi connectivity index (χ1v) is 7.64. The molecule has 0 spiro atoms. The molecule has 1 N–H and O–H groups in total. The normalized spacial score (nSPS) is 11.1. The Morgan fingerprint density at radius 3 is 2.68 bits per heavy atom. The van der Waals surface area contributed by atoms with E-state index in [4.69, 9.17) is 4.74 Å². The molecular formula is C18H15N3O4. The van der Waals surface area contributed by atoms with E-state index in [1.807, 2.05) is 24.3 Å². The molecule has 0 saturated carbocycles. The molecule has 0 aliphatic rings. The van der Waals surface area contributed by atoms with Gasteiger partial charge in [0.1, 0.15) is 22.9 Å². The first-order valence-electron chi connectivity index (χ1n) is 7.64. The minimum Gasteiger partial charge on any atom is -0.506 e. The predicted molar refractivity (Wildman–Crippen MR) is 94.1 cm³/mol. The summed E-state index contributed by atoms with van der Waals surface area (Å²) < 4.78 is 5.44. The molecule has 0 aliphatic carbocycles. The molecule has 0 saturated heterocycles. The standard InChI is InChI=1S/C18H15N3O4/c1-2-25-17-10-8-13(21(23)24)11-15(17)19-20-18-14-6-4-3-5-12(14)7-9-16(18)22/h3-11,22H,2H2,1H3. The van der Waals surface area contributed by atoms with Crippen LogP contribution in [0.2, 0.25) is 0 Å². The predicted octanol–water partition coefficient (Wildman–Crippen LogP) is 5.27. The Kier molecular flexibility index (Phi) is 4.56. The molecule has 0 amide bonds. The molecule has 0 aliphatic heterocycles. The summed E-state index contributed by atoms with van der Waals surface area (Å²) in [5, 5.41) is 30.9. The SMILES string of the molecule is CCOc1ccc([N+](=O)[O-])cc1N=Nc1c(O)ccc2ccccc12. The number of fused-ring (bicyclic) bond motifs is 1. The van der Waals surface area contributed by atoms with Gasteiger partial charge in [0.2, 0.25) is 0 Å². The number of benzene rings is 3. The summed E-state index contributed by atoms with van der Waals surface area (Å²) in [6.45, 7) is 2.19. The van der Waals surface area contributed by atoms with E-state index >= 15 is 0 Å². The Balaban J connectivity index is 2.09. The van der Waals surface area contributed by atoms with Gasteiger partial charge in [-0.15, -0.1) is 10.2 Å². The van der Waals surface area contributed by atoms with E-state index in [-0.39, 0.29) is 17.1 Å². The van der Waals surface area contributed by atoms with Gasteiger partial charge in [0.25, 0.3) is 5.69 Å². The van der Waals surface area contributed by atoms with Crippen molar-refractivity contribution in [2.45, 2.75) is 6.92 Å². The average Bonchev–Trinajstić information content (AvgIpc) is 2.62. The van der Waals surface area contributed by atoms with Gasteiger partial charge in [-0.1, -0.05) is 30.3 Å². The van der Waals surface area contributed by atoms with Crippen molar-refractivity contribution < 1.29 is 14.8 Å². The number of nitrogens with zero attached hydrogens (tertiary/aromatic N) is 3. The van der Waals surface area contributed by atoms with E-state index in [9.17, 15) is 15.2 Å². The average molecular weight is 337 g/mol. The topological polar surface area (TPSA) is 97.3 Å². The first kappa shape index (κ1) is 16.4. The van der Waals surface area contributed by atoms with Gasteiger partial charge in [-0.05, 0) is 24.4 Å². The third-order valence-corrected chi connectivity index (χ3v) is 3.59. The van der Waals surface area contributed by atoms with Gasteiger partial charge in [0.15, 0.2) is 0 Å². The van der Waals surface area contributed by atoms with Crippen molar-refractivity contribution in [3.05, 3.63) is 64.7 Å². The fraction of sp³-hybridized carbons (Fsp3) is 0.111. The van der Waals surface area contributed by atoms with Crippen LogP contribution in [0.4, 0.5) is 17.1 Å². The number of hydrogen-bond donors (Lipinski definition) is 1. The number of phenols is 1. The number of azo groups is 1. The van der Waals surface area contributed by atoms with E-state index in [1.54, 1.807) is 13.0 Å². The molecular weight excluding hydrogens is 322 g/mol. The molecule has 7 heteroatoms. The second-order valence-corrected chi connectivity index (χ2v) is 5.20. The number of nitro benzene ring substituents is 1. The van der Waals surface area contributed by atoms with Gasteiger partial charge in [0, 0.05) is 17.5 Å². The molecule has 0 unspecified atom stereocenters. The molecule has 25 heavy (non-hydrogen) atoms. The lowest BCUT2D eigenvalue weighted by Gasteiger charge is -2.06. The number of hydrogen-bond acceptors (Lipinski definition) is 6. The zero-order valence-electron chi connectivity index (χ0n) is 13.4. The Hall–Kier alpha value is -3.48.